The van der Waals surface area contributed by atoms with Gasteiger partial charge in [-0.25, -0.2) is 4.98 Å². The molecule has 0 bridgehead atoms. The van der Waals surface area contributed by atoms with Gasteiger partial charge in [-0.3, -0.25) is 0 Å². The molecule has 104 valence electrons. The predicted molar refractivity (Wildman–Crippen MR) is 78.4 cm³/mol. The van der Waals surface area contributed by atoms with Crippen LogP contribution in [0.3, 0.4) is 0 Å². The van der Waals surface area contributed by atoms with Crippen molar-refractivity contribution in [3.05, 3.63) is 36.9 Å². The monoisotopic (exact) mass is 271 g/mol. The second-order valence-corrected chi connectivity index (χ2v) is 4.68. The van der Waals surface area contributed by atoms with Crippen molar-refractivity contribution in [1.29, 1.82) is 0 Å². The summed E-state index contributed by atoms with van der Waals surface area (Å²) in [6, 6.07) is 6.01. The Morgan fingerprint density at radius 2 is 2.25 bits per heavy atom. The molecule has 0 radical (unpaired) electrons. The lowest BCUT2D eigenvalue weighted by Gasteiger charge is -2.02. The largest absolute Gasteiger partial charge is 0.423 e. The van der Waals surface area contributed by atoms with E-state index in [4.69, 9.17) is 10.2 Å². The van der Waals surface area contributed by atoms with Crippen molar-refractivity contribution in [1.82, 2.24) is 14.5 Å². The molecule has 6 heteroatoms. The summed E-state index contributed by atoms with van der Waals surface area (Å²) in [6.07, 6.45) is 7.72. The van der Waals surface area contributed by atoms with Gasteiger partial charge in [-0.15, -0.1) is 0 Å². The van der Waals surface area contributed by atoms with Crippen molar-refractivity contribution in [2.24, 2.45) is 0 Å². The van der Waals surface area contributed by atoms with Crippen LogP contribution in [0.4, 0.5) is 11.7 Å². The lowest BCUT2D eigenvalue weighted by Crippen LogP contribution is -2.03. The molecule has 0 atom stereocenters. The van der Waals surface area contributed by atoms with E-state index < -0.39 is 0 Å². The number of fused-ring (bicyclic) bond motifs is 1. The fourth-order valence-electron chi connectivity index (χ4n) is 2.05. The van der Waals surface area contributed by atoms with Gasteiger partial charge in [0, 0.05) is 37.2 Å². The Hall–Kier alpha value is -2.50. The molecule has 0 aliphatic rings. The molecule has 3 aromatic rings. The van der Waals surface area contributed by atoms with Crippen LogP contribution in [0.25, 0.3) is 11.1 Å². The average molecular weight is 271 g/mol. The molecule has 0 unspecified atom stereocenters. The fourth-order valence-corrected chi connectivity index (χ4v) is 2.05. The Balaban J connectivity index is 1.47. The standard InChI is InChI=1S/C14H17N5O/c15-11-3-4-12-13(9-11)20-14(18-12)17-5-1-2-7-19-8-6-16-10-19/h3-4,6,8-10H,1-2,5,7,15H2,(H,17,18). The fraction of sp³-hybridized carbons (Fsp3) is 0.286. The maximum atomic E-state index is 5.70. The van der Waals surface area contributed by atoms with E-state index in [1.165, 1.54) is 0 Å². The minimum atomic E-state index is 0.549. The van der Waals surface area contributed by atoms with Crippen LogP contribution in [0.15, 0.2) is 41.3 Å². The Morgan fingerprint density at radius 1 is 1.30 bits per heavy atom. The van der Waals surface area contributed by atoms with E-state index in [0.717, 1.165) is 31.4 Å². The van der Waals surface area contributed by atoms with Gasteiger partial charge < -0.3 is 20.0 Å². The van der Waals surface area contributed by atoms with Gasteiger partial charge in [0.1, 0.15) is 5.52 Å². The first-order valence-electron chi connectivity index (χ1n) is 6.67. The van der Waals surface area contributed by atoms with Crippen LogP contribution in [0.1, 0.15) is 12.8 Å². The van der Waals surface area contributed by atoms with Gasteiger partial charge in [0.05, 0.1) is 6.33 Å². The van der Waals surface area contributed by atoms with Gasteiger partial charge in [-0.2, -0.15) is 4.98 Å². The number of aryl methyl sites for hydroxylation is 1. The van der Waals surface area contributed by atoms with Crippen molar-refractivity contribution in [2.75, 3.05) is 17.6 Å². The number of benzene rings is 1. The molecule has 2 heterocycles. The first kappa shape index (κ1) is 12.5. The minimum absolute atomic E-state index is 0.549. The highest BCUT2D eigenvalue weighted by atomic mass is 16.4. The number of nitrogen functional groups attached to an aromatic ring is 1. The second-order valence-electron chi connectivity index (χ2n) is 4.68. The Morgan fingerprint density at radius 3 is 3.10 bits per heavy atom. The Labute approximate surface area is 116 Å². The van der Waals surface area contributed by atoms with E-state index in [2.05, 4.69) is 19.9 Å². The number of anilines is 2. The number of rotatable bonds is 6. The van der Waals surface area contributed by atoms with Gasteiger partial charge in [-0.1, -0.05) is 0 Å². The molecule has 0 fully saturated rings. The summed E-state index contributed by atoms with van der Waals surface area (Å²) in [5, 5.41) is 3.19. The number of imidazole rings is 1. The van der Waals surface area contributed by atoms with Crippen molar-refractivity contribution < 1.29 is 4.42 Å². The molecule has 0 aliphatic carbocycles. The van der Waals surface area contributed by atoms with E-state index >= 15 is 0 Å². The topological polar surface area (TPSA) is 81.9 Å². The highest BCUT2D eigenvalue weighted by Gasteiger charge is 2.04. The molecule has 2 aromatic heterocycles. The molecule has 0 saturated heterocycles. The summed E-state index contributed by atoms with van der Waals surface area (Å²) in [5.74, 6) is 0. The number of nitrogens with one attached hydrogen (secondary N) is 1. The van der Waals surface area contributed by atoms with E-state index in [0.29, 0.717) is 17.3 Å². The number of oxazole rings is 1. The van der Waals surface area contributed by atoms with Gasteiger partial charge >= 0.3 is 0 Å². The minimum Gasteiger partial charge on any atom is -0.423 e. The van der Waals surface area contributed by atoms with Crippen LogP contribution in [0.5, 0.6) is 0 Å². The van der Waals surface area contributed by atoms with Crippen molar-refractivity contribution in [3.63, 3.8) is 0 Å². The maximum Gasteiger partial charge on any atom is 0.295 e. The normalized spacial score (nSPS) is 11.0. The quantitative estimate of drug-likeness (QED) is 0.531. The number of aromatic nitrogens is 3. The summed E-state index contributed by atoms with van der Waals surface area (Å²) in [5.41, 5.74) is 7.92. The number of hydrogen-bond acceptors (Lipinski definition) is 5. The van der Waals surface area contributed by atoms with E-state index in [-0.39, 0.29) is 0 Å². The summed E-state index contributed by atoms with van der Waals surface area (Å²) < 4.78 is 7.66. The first-order chi connectivity index (χ1) is 9.81. The molecule has 20 heavy (non-hydrogen) atoms. The summed E-state index contributed by atoms with van der Waals surface area (Å²) in [4.78, 5) is 8.36. The molecule has 3 rings (SSSR count). The smallest absolute Gasteiger partial charge is 0.295 e. The van der Waals surface area contributed by atoms with Crippen molar-refractivity contribution in [3.8, 4) is 0 Å². The second kappa shape index (κ2) is 5.64. The lowest BCUT2D eigenvalue weighted by molar-refractivity contribution is 0.594. The average Bonchev–Trinajstić information content (AvgIpc) is 3.06. The van der Waals surface area contributed by atoms with Crippen LogP contribution >= 0.6 is 0 Å². The highest BCUT2D eigenvalue weighted by Crippen LogP contribution is 2.20. The van der Waals surface area contributed by atoms with Crippen molar-refractivity contribution in [2.45, 2.75) is 19.4 Å². The van der Waals surface area contributed by atoms with Crippen LogP contribution in [0.2, 0.25) is 0 Å². The number of nitrogens with two attached hydrogens (primary N) is 1. The molecule has 0 amide bonds. The molecular weight excluding hydrogens is 254 g/mol. The lowest BCUT2D eigenvalue weighted by atomic mass is 10.3. The molecule has 0 aliphatic heterocycles. The van der Waals surface area contributed by atoms with Crippen LogP contribution in [-0.2, 0) is 6.54 Å². The SMILES string of the molecule is Nc1ccc2nc(NCCCCn3ccnc3)oc2c1. The van der Waals surface area contributed by atoms with Gasteiger partial charge in [0.25, 0.3) is 6.01 Å². The Kier molecular flexibility index (Phi) is 3.54. The molecule has 3 N–H and O–H groups in total. The highest BCUT2D eigenvalue weighted by molar-refractivity contribution is 5.77. The zero-order valence-electron chi connectivity index (χ0n) is 11.1. The summed E-state index contributed by atoms with van der Waals surface area (Å²) >= 11 is 0. The zero-order valence-corrected chi connectivity index (χ0v) is 11.1. The summed E-state index contributed by atoms with van der Waals surface area (Å²) in [7, 11) is 0. The molecule has 1 aromatic carbocycles. The van der Waals surface area contributed by atoms with E-state index in [1.54, 1.807) is 12.3 Å². The van der Waals surface area contributed by atoms with Crippen molar-refractivity contribution >= 4 is 22.8 Å². The summed E-state index contributed by atoms with van der Waals surface area (Å²) in [6.45, 7) is 1.81. The van der Waals surface area contributed by atoms with Crippen LogP contribution in [-0.4, -0.2) is 21.1 Å². The third kappa shape index (κ3) is 2.90. The van der Waals surface area contributed by atoms with E-state index in [1.807, 2.05) is 24.7 Å². The molecule has 6 nitrogen and oxygen atoms in total. The van der Waals surface area contributed by atoms with E-state index in [9.17, 15) is 0 Å². The first-order valence-corrected chi connectivity index (χ1v) is 6.67. The van der Waals surface area contributed by atoms with Gasteiger partial charge in [0.15, 0.2) is 5.58 Å². The van der Waals surface area contributed by atoms with Gasteiger partial charge in [0.2, 0.25) is 0 Å². The number of hydrogen-bond donors (Lipinski definition) is 2. The molecular formula is C14H17N5O. The number of unbranched alkanes of at least 4 members (excludes halogenated alkanes) is 1. The maximum absolute atomic E-state index is 5.70. The van der Waals surface area contributed by atoms with Crippen LogP contribution in [0, 0.1) is 0 Å². The third-order valence-corrected chi connectivity index (χ3v) is 3.09. The Bertz CT molecular complexity index is 674. The van der Waals surface area contributed by atoms with Gasteiger partial charge in [-0.05, 0) is 25.0 Å². The molecule has 0 spiro atoms. The zero-order chi connectivity index (χ0) is 13.8. The number of nitrogens with zero attached hydrogens (tertiary/aromatic N) is 3. The molecule has 0 saturated carbocycles. The van der Waals surface area contributed by atoms with Crippen LogP contribution < -0.4 is 11.1 Å². The predicted octanol–water partition coefficient (Wildman–Crippen LogP) is 2.50. The third-order valence-electron chi connectivity index (χ3n) is 3.09.